The zero-order chi connectivity index (χ0) is 12.1. The number of carbonyl (C=O) groups is 1. The lowest BCUT2D eigenvalue weighted by Crippen LogP contribution is -2.22. The summed E-state index contributed by atoms with van der Waals surface area (Å²) < 4.78 is 1.83. The van der Waals surface area contributed by atoms with E-state index in [-0.39, 0.29) is 5.91 Å². The van der Waals surface area contributed by atoms with Gasteiger partial charge < -0.3 is 5.32 Å². The smallest absolute Gasteiger partial charge is 0.251 e. The molecule has 0 saturated carbocycles. The van der Waals surface area contributed by atoms with Crippen molar-refractivity contribution in [3.8, 4) is 0 Å². The minimum Gasteiger partial charge on any atom is -0.348 e. The number of amides is 1. The van der Waals surface area contributed by atoms with Crippen molar-refractivity contribution in [1.82, 2.24) is 20.1 Å². The fraction of sp³-hybridized carbons (Fsp3) is 0.250. The summed E-state index contributed by atoms with van der Waals surface area (Å²) in [5, 5.41) is 6.97. The second-order valence-electron chi connectivity index (χ2n) is 3.62. The molecule has 5 nitrogen and oxygen atoms in total. The Morgan fingerprint density at radius 2 is 2.18 bits per heavy atom. The Kier molecular flexibility index (Phi) is 3.49. The van der Waals surface area contributed by atoms with Crippen LogP contribution in [0.5, 0.6) is 0 Å². The molecule has 88 valence electrons. The van der Waals surface area contributed by atoms with Gasteiger partial charge in [-0.05, 0) is 19.1 Å². The van der Waals surface area contributed by atoms with E-state index in [0.29, 0.717) is 12.1 Å². The first-order valence-electron chi connectivity index (χ1n) is 5.49. The Morgan fingerprint density at radius 1 is 1.41 bits per heavy atom. The predicted octanol–water partition coefficient (Wildman–Crippen LogP) is 1.23. The molecule has 0 bridgehead atoms. The van der Waals surface area contributed by atoms with Gasteiger partial charge in [0.15, 0.2) is 0 Å². The van der Waals surface area contributed by atoms with Crippen LogP contribution >= 0.6 is 0 Å². The third kappa shape index (κ3) is 2.90. The van der Waals surface area contributed by atoms with E-state index in [4.69, 9.17) is 0 Å². The standard InChI is InChI=1S/C12H14N4O/c1-2-16-9-10(8-15-16)7-14-12(17)11-3-5-13-6-4-11/h3-6,8-9H,2,7H2,1H3,(H,14,17). The number of hydrogen-bond donors (Lipinski definition) is 1. The average molecular weight is 230 g/mol. The first-order chi connectivity index (χ1) is 8.29. The second-order valence-corrected chi connectivity index (χ2v) is 3.62. The monoisotopic (exact) mass is 230 g/mol. The van der Waals surface area contributed by atoms with Crippen LogP contribution in [0.2, 0.25) is 0 Å². The van der Waals surface area contributed by atoms with Gasteiger partial charge in [-0.3, -0.25) is 14.5 Å². The molecule has 2 aromatic heterocycles. The summed E-state index contributed by atoms with van der Waals surface area (Å²) in [5.41, 5.74) is 1.61. The highest BCUT2D eigenvalue weighted by molar-refractivity contribution is 5.93. The Balaban J connectivity index is 1.92. The molecule has 0 unspecified atom stereocenters. The molecule has 2 heterocycles. The second kappa shape index (κ2) is 5.25. The summed E-state index contributed by atoms with van der Waals surface area (Å²) in [6, 6.07) is 3.37. The first kappa shape index (κ1) is 11.3. The molecule has 0 radical (unpaired) electrons. The molecule has 0 saturated heterocycles. The van der Waals surface area contributed by atoms with Crippen LogP contribution in [0.25, 0.3) is 0 Å². The maximum atomic E-state index is 11.7. The highest BCUT2D eigenvalue weighted by Crippen LogP contribution is 2.00. The van der Waals surface area contributed by atoms with Gasteiger partial charge in [0.05, 0.1) is 6.20 Å². The van der Waals surface area contributed by atoms with E-state index in [1.165, 1.54) is 0 Å². The van der Waals surface area contributed by atoms with Crippen LogP contribution in [0.15, 0.2) is 36.9 Å². The Labute approximate surface area is 99.5 Å². The number of aryl methyl sites for hydroxylation is 1. The van der Waals surface area contributed by atoms with E-state index in [9.17, 15) is 4.79 Å². The lowest BCUT2D eigenvalue weighted by Gasteiger charge is -2.02. The lowest BCUT2D eigenvalue weighted by atomic mass is 10.2. The van der Waals surface area contributed by atoms with Crippen LogP contribution in [0.1, 0.15) is 22.8 Å². The van der Waals surface area contributed by atoms with E-state index >= 15 is 0 Å². The summed E-state index contributed by atoms with van der Waals surface area (Å²) in [7, 11) is 0. The van der Waals surface area contributed by atoms with Gasteiger partial charge in [0.2, 0.25) is 0 Å². The van der Waals surface area contributed by atoms with Crippen molar-refractivity contribution >= 4 is 5.91 Å². The molecule has 2 aromatic rings. The van der Waals surface area contributed by atoms with Gasteiger partial charge in [-0.25, -0.2) is 0 Å². The van der Waals surface area contributed by atoms with Crippen molar-refractivity contribution in [2.45, 2.75) is 20.0 Å². The molecule has 0 spiro atoms. The van der Waals surface area contributed by atoms with E-state index in [2.05, 4.69) is 15.4 Å². The molecule has 1 N–H and O–H groups in total. The molecule has 1 amide bonds. The van der Waals surface area contributed by atoms with Gasteiger partial charge in [0, 0.05) is 42.8 Å². The minimum atomic E-state index is -0.100. The molecule has 2 rings (SSSR count). The van der Waals surface area contributed by atoms with Gasteiger partial charge in [-0.2, -0.15) is 5.10 Å². The van der Waals surface area contributed by atoms with Crippen LogP contribution < -0.4 is 5.32 Å². The molecule has 0 aliphatic rings. The molecule has 17 heavy (non-hydrogen) atoms. The minimum absolute atomic E-state index is 0.100. The lowest BCUT2D eigenvalue weighted by molar-refractivity contribution is 0.0951. The van der Waals surface area contributed by atoms with Crippen LogP contribution in [0.4, 0.5) is 0 Å². The summed E-state index contributed by atoms with van der Waals surface area (Å²) in [4.78, 5) is 15.6. The fourth-order valence-electron chi connectivity index (χ4n) is 1.46. The largest absolute Gasteiger partial charge is 0.348 e. The summed E-state index contributed by atoms with van der Waals surface area (Å²) in [6.07, 6.45) is 6.89. The Hall–Kier alpha value is -2.17. The van der Waals surface area contributed by atoms with Crippen LogP contribution in [0, 0.1) is 0 Å². The number of rotatable bonds is 4. The Bertz CT molecular complexity index is 492. The van der Waals surface area contributed by atoms with Crippen molar-refractivity contribution < 1.29 is 4.79 Å². The van der Waals surface area contributed by atoms with Crippen LogP contribution in [0.3, 0.4) is 0 Å². The molecule has 0 atom stereocenters. The van der Waals surface area contributed by atoms with Gasteiger partial charge in [0.1, 0.15) is 0 Å². The molecular formula is C12H14N4O. The normalized spacial score (nSPS) is 10.2. The fourth-order valence-corrected chi connectivity index (χ4v) is 1.46. The summed E-state index contributed by atoms with van der Waals surface area (Å²) in [6.45, 7) is 3.34. The molecule has 0 aliphatic heterocycles. The SMILES string of the molecule is CCn1cc(CNC(=O)c2ccncc2)cn1. The van der Waals surface area contributed by atoms with Crippen molar-refractivity contribution in [3.05, 3.63) is 48.0 Å². The zero-order valence-electron chi connectivity index (χ0n) is 9.63. The first-order valence-corrected chi connectivity index (χ1v) is 5.49. The maximum absolute atomic E-state index is 11.7. The topological polar surface area (TPSA) is 59.8 Å². The van der Waals surface area contributed by atoms with Crippen LogP contribution in [-0.2, 0) is 13.1 Å². The third-order valence-electron chi connectivity index (χ3n) is 2.41. The average Bonchev–Trinajstić information content (AvgIpc) is 2.85. The molecule has 0 aromatic carbocycles. The van der Waals surface area contributed by atoms with E-state index in [1.54, 1.807) is 30.7 Å². The number of nitrogens with one attached hydrogen (secondary N) is 1. The highest BCUT2D eigenvalue weighted by Gasteiger charge is 2.04. The summed E-state index contributed by atoms with van der Waals surface area (Å²) in [5.74, 6) is -0.100. The van der Waals surface area contributed by atoms with Gasteiger partial charge in [-0.1, -0.05) is 0 Å². The number of pyridine rings is 1. The number of carbonyl (C=O) groups excluding carboxylic acids is 1. The summed E-state index contributed by atoms with van der Waals surface area (Å²) >= 11 is 0. The molecular weight excluding hydrogens is 216 g/mol. The van der Waals surface area contributed by atoms with Gasteiger partial charge in [-0.15, -0.1) is 0 Å². The molecule has 5 heteroatoms. The zero-order valence-corrected chi connectivity index (χ0v) is 9.63. The van der Waals surface area contributed by atoms with Crippen molar-refractivity contribution in [3.63, 3.8) is 0 Å². The van der Waals surface area contributed by atoms with Crippen molar-refractivity contribution in [2.24, 2.45) is 0 Å². The third-order valence-corrected chi connectivity index (χ3v) is 2.41. The maximum Gasteiger partial charge on any atom is 0.251 e. The number of hydrogen-bond acceptors (Lipinski definition) is 3. The predicted molar refractivity (Wildman–Crippen MR) is 63.3 cm³/mol. The molecule has 0 fully saturated rings. The van der Waals surface area contributed by atoms with Crippen molar-refractivity contribution in [1.29, 1.82) is 0 Å². The Morgan fingerprint density at radius 3 is 2.82 bits per heavy atom. The van der Waals surface area contributed by atoms with Crippen LogP contribution in [-0.4, -0.2) is 20.7 Å². The van der Waals surface area contributed by atoms with E-state index in [0.717, 1.165) is 12.1 Å². The number of aromatic nitrogens is 3. The van der Waals surface area contributed by atoms with Crippen molar-refractivity contribution in [2.75, 3.05) is 0 Å². The highest BCUT2D eigenvalue weighted by atomic mass is 16.1. The quantitative estimate of drug-likeness (QED) is 0.859. The molecule has 0 aliphatic carbocycles. The van der Waals surface area contributed by atoms with Gasteiger partial charge >= 0.3 is 0 Å². The van der Waals surface area contributed by atoms with E-state index < -0.39 is 0 Å². The van der Waals surface area contributed by atoms with E-state index in [1.807, 2.05) is 17.8 Å². The number of nitrogens with zero attached hydrogens (tertiary/aromatic N) is 3. The van der Waals surface area contributed by atoms with Gasteiger partial charge in [0.25, 0.3) is 5.91 Å².